The van der Waals surface area contributed by atoms with E-state index in [2.05, 4.69) is 17.5 Å². The summed E-state index contributed by atoms with van der Waals surface area (Å²) in [7, 11) is 0. The molecule has 0 aliphatic carbocycles. The molecule has 0 aromatic heterocycles. The van der Waals surface area contributed by atoms with Gasteiger partial charge in [0, 0.05) is 0 Å². The summed E-state index contributed by atoms with van der Waals surface area (Å²) in [6, 6.07) is 9.74. The van der Waals surface area contributed by atoms with Crippen LogP contribution in [0.5, 0.6) is 0 Å². The molecule has 0 unspecified atom stereocenters. The summed E-state index contributed by atoms with van der Waals surface area (Å²) >= 11 is 0. The predicted molar refractivity (Wildman–Crippen MR) is 83.2 cm³/mol. The topological polar surface area (TPSA) is 98.3 Å². The first-order valence-corrected chi connectivity index (χ1v) is 7.12. The zero-order valence-electron chi connectivity index (χ0n) is 12.5. The van der Waals surface area contributed by atoms with Gasteiger partial charge in [-0.25, -0.2) is 4.79 Å². The molecule has 0 atom stereocenters. The van der Waals surface area contributed by atoms with Crippen LogP contribution in [0.15, 0.2) is 29.4 Å². The first-order valence-electron chi connectivity index (χ1n) is 7.12. The lowest BCUT2D eigenvalue weighted by Crippen LogP contribution is -2.06. The van der Waals surface area contributed by atoms with E-state index in [1.54, 1.807) is 36.4 Å². The number of nitriles is 2. The van der Waals surface area contributed by atoms with Gasteiger partial charge in [-0.3, -0.25) is 5.43 Å². The molecule has 114 valence electrons. The highest BCUT2D eigenvalue weighted by Crippen LogP contribution is 2.11. The Labute approximate surface area is 130 Å². The minimum atomic E-state index is -0.360. The second kappa shape index (κ2) is 9.95. The number of esters is 1. The molecule has 0 aliphatic heterocycles. The lowest BCUT2D eigenvalue weighted by Gasteiger charge is -2.05. The normalized spacial score (nSPS) is 9.23. The Hall–Kier alpha value is -2.86. The monoisotopic (exact) mass is 298 g/mol. The molecule has 1 aromatic rings. The SMILES string of the molecule is CCCCCCOC(=O)c1ccc(NN=C(C#N)C#N)cc1. The Kier molecular flexibility index (Phi) is 7.78. The van der Waals surface area contributed by atoms with E-state index in [9.17, 15) is 4.79 Å². The fourth-order valence-corrected chi connectivity index (χ4v) is 1.65. The van der Waals surface area contributed by atoms with Crippen LogP contribution < -0.4 is 5.43 Å². The zero-order chi connectivity index (χ0) is 16.2. The lowest BCUT2D eigenvalue weighted by molar-refractivity contribution is 0.0498. The Bertz CT molecular complexity index is 578. The van der Waals surface area contributed by atoms with Crippen molar-refractivity contribution in [3.63, 3.8) is 0 Å². The van der Waals surface area contributed by atoms with E-state index in [4.69, 9.17) is 15.3 Å². The molecule has 1 rings (SSSR count). The molecule has 0 heterocycles. The molecular weight excluding hydrogens is 280 g/mol. The van der Waals surface area contributed by atoms with Crippen molar-refractivity contribution in [2.45, 2.75) is 32.6 Å². The summed E-state index contributed by atoms with van der Waals surface area (Å²) in [5, 5.41) is 20.7. The van der Waals surface area contributed by atoms with Gasteiger partial charge in [-0.2, -0.15) is 15.6 Å². The number of hydrogen-bond donors (Lipinski definition) is 1. The van der Waals surface area contributed by atoms with Crippen molar-refractivity contribution >= 4 is 17.4 Å². The summed E-state index contributed by atoms with van der Waals surface area (Å²) in [4.78, 5) is 11.8. The van der Waals surface area contributed by atoms with E-state index in [0.717, 1.165) is 25.7 Å². The van der Waals surface area contributed by atoms with Gasteiger partial charge >= 0.3 is 5.97 Å². The number of unbranched alkanes of at least 4 members (excludes halogenated alkanes) is 3. The molecule has 0 saturated carbocycles. The van der Waals surface area contributed by atoms with Crippen molar-refractivity contribution in [3.8, 4) is 12.1 Å². The van der Waals surface area contributed by atoms with Gasteiger partial charge in [0.1, 0.15) is 12.1 Å². The first-order chi connectivity index (χ1) is 10.7. The molecule has 22 heavy (non-hydrogen) atoms. The number of carbonyl (C=O) groups is 1. The summed E-state index contributed by atoms with van der Waals surface area (Å²) in [5.74, 6) is -0.360. The second-order valence-electron chi connectivity index (χ2n) is 4.57. The van der Waals surface area contributed by atoms with Gasteiger partial charge < -0.3 is 4.74 Å². The zero-order valence-corrected chi connectivity index (χ0v) is 12.5. The summed E-state index contributed by atoms with van der Waals surface area (Å²) in [6.45, 7) is 2.55. The maximum Gasteiger partial charge on any atom is 0.338 e. The summed E-state index contributed by atoms with van der Waals surface area (Å²) in [6.07, 6.45) is 4.22. The molecule has 0 bridgehead atoms. The van der Waals surface area contributed by atoms with E-state index in [0.29, 0.717) is 17.9 Å². The van der Waals surface area contributed by atoms with Crippen molar-refractivity contribution in [3.05, 3.63) is 29.8 Å². The van der Waals surface area contributed by atoms with Gasteiger partial charge in [0.25, 0.3) is 0 Å². The quantitative estimate of drug-likeness (QED) is 0.344. The number of hydrazone groups is 1. The maximum atomic E-state index is 11.8. The highest BCUT2D eigenvalue weighted by atomic mass is 16.5. The number of ether oxygens (including phenoxy) is 1. The first kappa shape index (κ1) is 17.2. The van der Waals surface area contributed by atoms with E-state index >= 15 is 0 Å². The molecule has 0 aliphatic rings. The van der Waals surface area contributed by atoms with Crippen LogP contribution in [0.25, 0.3) is 0 Å². The van der Waals surface area contributed by atoms with Crippen LogP contribution in [0.3, 0.4) is 0 Å². The van der Waals surface area contributed by atoms with Crippen LogP contribution in [0.2, 0.25) is 0 Å². The van der Waals surface area contributed by atoms with Crippen LogP contribution in [0.1, 0.15) is 43.0 Å². The third-order valence-corrected chi connectivity index (χ3v) is 2.86. The van der Waals surface area contributed by atoms with Crippen LogP contribution in [0, 0.1) is 22.7 Å². The molecule has 0 radical (unpaired) electrons. The van der Waals surface area contributed by atoms with Crippen LogP contribution in [-0.4, -0.2) is 18.3 Å². The molecular formula is C16H18N4O2. The van der Waals surface area contributed by atoms with Gasteiger partial charge in [-0.15, -0.1) is 0 Å². The van der Waals surface area contributed by atoms with Crippen molar-refractivity contribution in [2.75, 3.05) is 12.0 Å². The number of nitrogens with zero attached hydrogens (tertiary/aromatic N) is 3. The maximum absolute atomic E-state index is 11.8. The van der Waals surface area contributed by atoms with Gasteiger partial charge in [0.05, 0.1) is 17.9 Å². The van der Waals surface area contributed by atoms with E-state index < -0.39 is 0 Å². The predicted octanol–water partition coefficient (Wildman–Crippen LogP) is 3.24. The van der Waals surface area contributed by atoms with Crippen LogP contribution in [0.4, 0.5) is 5.69 Å². The number of benzene rings is 1. The number of hydrogen-bond acceptors (Lipinski definition) is 6. The Morgan fingerprint density at radius 2 is 1.86 bits per heavy atom. The van der Waals surface area contributed by atoms with Gasteiger partial charge in [-0.1, -0.05) is 26.2 Å². The molecule has 1 aromatic carbocycles. The second-order valence-corrected chi connectivity index (χ2v) is 4.57. The standard InChI is InChI=1S/C16H18N4O2/c1-2-3-4-5-10-22-16(21)13-6-8-14(9-7-13)19-20-15(11-17)12-18/h6-9,19H,2-5,10H2,1H3. The molecule has 0 amide bonds. The van der Waals surface area contributed by atoms with Crippen molar-refractivity contribution in [1.82, 2.24) is 0 Å². The third kappa shape index (κ3) is 6.06. The Morgan fingerprint density at radius 1 is 1.18 bits per heavy atom. The Balaban J connectivity index is 2.47. The average Bonchev–Trinajstić information content (AvgIpc) is 2.56. The number of rotatable bonds is 8. The fourth-order valence-electron chi connectivity index (χ4n) is 1.65. The minimum absolute atomic E-state index is 0.268. The minimum Gasteiger partial charge on any atom is -0.462 e. The third-order valence-electron chi connectivity index (χ3n) is 2.86. The van der Waals surface area contributed by atoms with E-state index in [1.165, 1.54) is 0 Å². The average molecular weight is 298 g/mol. The van der Waals surface area contributed by atoms with Gasteiger partial charge in [0.15, 0.2) is 0 Å². The lowest BCUT2D eigenvalue weighted by atomic mass is 10.2. The molecule has 0 spiro atoms. The van der Waals surface area contributed by atoms with Gasteiger partial charge in [0.2, 0.25) is 5.71 Å². The molecule has 6 heteroatoms. The molecule has 0 fully saturated rings. The van der Waals surface area contributed by atoms with Crippen LogP contribution >= 0.6 is 0 Å². The molecule has 0 saturated heterocycles. The summed E-state index contributed by atoms with van der Waals surface area (Å²) in [5.41, 5.74) is 3.32. The fraction of sp³-hybridized carbons (Fsp3) is 0.375. The van der Waals surface area contributed by atoms with Gasteiger partial charge in [-0.05, 0) is 30.7 Å². The number of anilines is 1. The van der Waals surface area contributed by atoms with Crippen molar-refractivity contribution in [1.29, 1.82) is 10.5 Å². The molecule has 6 nitrogen and oxygen atoms in total. The molecule has 1 N–H and O–H groups in total. The largest absolute Gasteiger partial charge is 0.462 e. The summed E-state index contributed by atoms with van der Waals surface area (Å²) < 4.78 is 5.17. The van der Waals surface area contributed by atoms with Crippen LogP contribution in [-0.2, 0) is 4.74 Å². The highest BCUT2D eigenvalue weighted by Gasteiger charge is 2.06. The van der Waals surface area contributed by atoms with Crippen molar-refractivity contribution < 1.29 is 9.53 Å². The highest BCUT2D eigenvalue weighted by molar-refractivity contribution is 6.10. The van der Waals surface area contributed by atoms with Crippen molar-refractivity contribution in [2.24, 2.45) is 5.10 Å². The smallest absolute Gasteiger partial charge is 0.338 e. The van der Waals surface area contributed by atoms with E-state index in [1.807, 2.05) is 0 Å². The van der Waals surface area contributed by atoms with E-state index in [-0.39, 0.29) is 11.7 Å². The number of nitrogens with one attached hydrogen (secondary N) is 1. The number of carbonyl (C=O) groups excluding carboxylic acids is 1. The Morgan fingerprint density at radius 3 is 2.45 bits per heavy atom.